The second-order valence-corrected chi connectivity index (χ2v) is 4.94. The van der Waals surface area contributed by atoms with E-state index in [1.807, 2.05) is 0 Å². The van der Waals surface area contributed by atoms with Gasteiger partial charge in [-0.25, -0.2) is 5.43 Å². The number of aromatic hydroxyl groups is 2. The minimum absolute atomic E-state index is 0.0587. The third-order valence-corrected chi connectivity index (χ3v) is 3.31. The Balaban J connectivity index is 2.20. The van der Waals surface area contributed by atoms with Gasteiger partial charge in [0.05, 0.1) is 19.9 Å². The number of methoxy groups -OCH3 is 2. The Hall–Kier alpha value is -3.22. The number of hydrogen-bond donors (Lipinski definition) is 3. The number of phenolic OH excluding ortho intramolecular Hbond substituents is 2. The Morgan fingerprint density at radius 2 is 1.67 bits per heavy atom. The molecule has 0 saturated carbocycles. The molecular formula is C17H18N2O5. The van der Waals surface area contributed by atoms with Crippen molar-refractivity contribution in [1.82, 2.24) is 5.43 Å². The van der Waals surface area contributed by atoms with Crippen LogP contribution in [0, 0.1) is 0 Å². The maximum atomic E-state index is 12.2. The Kier molecular flexibility index (Phi) is 5.26. The van der Waals surface area contributed by atoms with Crippen molar-refractivity contribution in [2.24, 2.45) is 5.10 Å². The molecule has 0 aliphatic heterocycles. The highest BCUT2D eigenvalue weighted by molar-refractivity contribution is 6.02. The predicted octanol–water partition coefficient (Wildman–Crippen LogP) is 2.27. The molecule has 0 heterocycles. The molecule has 7 nitrogen and oxygen atoms in total. The smallest absolute Gasteiger partial charge is 0.271 e. The Bertz CT molecular complexity index is 764. The van der Waals surface area contributed by atoms with Crippen LogP contribution in [0.1, 0.15) is 22.8 Å². The number of ether oxygens (including phenoxy) is 2. The highest BCUT2D eigenvalue weighted by atomic mass is 16.5. The lowest BCUT2D eigenvalue weighted by Crippen LogP contribution is -2.19. The normalized spacial score (nSPS) is 11.0. The lowest BCUT2D eigenvalue weighted by Gasteiger charge is -2.08. The minimum atomic E-state index is -0.454. The van der Waals surface area contributed by atoms with Crippen LogP contribution in [0.3, 0.4) is 0 Å². The summed E-state index contributed by atoms with van der Waals surface area (Å²) in [5.41, 5.74) is 3.51. The minimum Gasteiger partial charge on any atom is -0.508 e. The summed E-state index contributed by atoms with van der Waals surface area (Å²) in [4.78, 5) is 12.2. The summed E-state index contributed by atoms with van der Waals surface area (Å²) in [6.07, 6.45) is 0. The molecule has 0 fully saturated rings. The van der Waals surface area contributed by atoms with Crippen molar-refractivity contribution in [2.45, 2.75) is 6.92 Å². The fourth-order valence-electron chi connectivity index (χ4n) is 2.02. The first-order chi connectivity index (χ1) is 11.4. The molecule has 0 radical (unpaired) electrons. The number of nitrogens with zero attached hydrogens (tertiary/aromatic N) is 1. The summed E-state index contributed by atoms with van der Waals surface area (Å²) in [6, 6.07) is 8.89. The van der Waals surface area contributed by atoms with E-state index in [9.17, 15) is 15.0 Å². The van der Waals surface area contributed by atoms with Crippen LogP contribution in [0.5, 0.6) is 23.0 Å². The quantitative estimate of drug-likeness (QED) is 0.577. The summed E-state index contributed by atoms with van der Waals surface area (Å²) in [7, 11) is 2.98. The molecule has 7 heteroatoms. The van der Waals surface area contributed by atoms with Gasteiger partial charge in [-0.2, -0.15) is 5.10 Å². The van der Waals surface area contributed by atoms with Crippen molar-refractivity contribution in [1.29, 1.82) is 0 Å². The van der Waals surface area contributed by atoms with Gasteiger partial charge in [0.1, 0.15) is 23.0 Å². The molecule has 0 saturated heterocycles. The molecule has 2 aromatic rings. The molecule has 0 bridgehead atoms. The van der Waals surface area contributed by atoms with Crippen LogP contribution in [-0.2, 0) is 0 Å². The van der Waals surface area contributed by atoms with Crippen molar-refractivity contribution in [3.05, 3.63) is 47.5 Å². The summed E-state index contributed by atoms with van der Waals surface area (Å²) < 4.78 is 10.2. The van der Waals surface area contributed by atoms with Gasteiger partial charge < -0.3 is 19.7 Å². The van der Waals surface area contributed by atoms with Gasteiger partial charge >= 0.3 is 0 Å². The van der Waals surface area contributed by atoms with Crippen LogP contribution >= 0.6 is 0 Å². The third-order valence-electron chi connectivity index (χ3n) is 3.31. The van der Waals surface area contributed by atoms with Crippen molar-refractivity contribution < 1.29 is 24.5 Å². The van der Waals surface area contributed by atoms with E-state index < -0.39 is 5.91 Å². The third kappa shape index (κ3) is 3.95. The highest BCUT2D eigenvalue weighted by Crippen LogP contribution is 2.24. The highest BCUT2D eigenvalue weighted by Gasteiger charge is 2.11. The van der Waals surface area contributed by atoms with Gasteiger partial charge in [0.25, 0.3) is 5.91 Å². The molecule has 3 N–H and O–H groups in total. The Labute approximate surface area is 139 Å². The first-order valence-electron chi connectivity index (χ1n) is 7.04. The van der Waals surface area contributed by atoms with E-state index in [1.165, 1.54) is 32.4 Å². The average Bonchev–Trinajstić information content (AvgIpc) is 2.58. The van der Waals surface area contributed by atoms with Crippen molar-refractivity contribution >= 4 is 11.6 Å². The predicted molar refractivity (Wildman–Crippen MR) is 89.0 cm³/mol. The second kappa shape index (κ2) is 7.36. The number of phenols is 2. The number of carbonyl (C=O) groups excluding carboxylic acids is 1. The van der Waals surface area contributed by atoms with Crippen LogP contribution in [-0.4, -0.2) is 36.1 Å². The molecule has 0 spiro atoms. The van der Waals surface area contributed by atoms with E-state index in [-0.39, 0.29) is 11.5 Å². The van der Waals surface area contributed by atoms with Gasteiger partial charge in [0.15, 0.2) is 0 Å². The van der Waals surface area contributed by atoms with E-state index >= 15 is 0 Å². The van der Waals surface area contributed by atoms with Crippen LogP contribution in [0.15, 0.2) is 41.5 Å². The lowest BCUT2D eigenvalue weighted by molar-refractivity contribution is 0.0954. The van der Waals surface area contributed by atoms with Gasteiger partial charge in [-0.1, -0.05) is 0 Å². The van der Waals surface area contributed by atoms with E-state index in [2.05, 4.69) is 10.5 Å². The lowest BCUT2D eigenvalue weighted by atomic mass is 10.1. The zero-order chi connectivity index (χ0) is 17.7. The maximum absolute atomic E-state index is 12.2. The number of benzene rings is 2. The van der Waals surface area contributed by atoms with Crippen LogP contribution < -0.4 is 14.9 Å². The molecule has 0 aliphatic rings. The first-order valence-corrected chi connectivity index (χ1v) is 7.04. The number of amides is 1. The zero-order valence-electron chi connectivity index (χ0n) is 13.5. The molecule has 126 valence electrons. The summed E-state index contributed by atoms with van der Waals surface area (Å²) >= 11 is 0. The summed E-state index contributed by atoms with van der Waals surface area (Å²) in [5.74, 6) is 0.322. The number of rotatable bonds is 5. The van der Waals surface area contributed by atoms with Crippen molar-refractivity contribution in [2.75, 3.05) is 14.2 Å². The second-order valence-electron chi connectivity index (χ2n) is 4.94. The standard InChI is InChI=1S/C17H18N2O5/c1-10(15-5-4-12(20)8-16(15)21)18-19-17(22)11-6-13(23-2)9-14(7-11)24-3/h4-9,20-21H,1-3H3,(H,19,22)/b18-10-. The molecule has 0 aromatic heterocycles. The topological polar surface area (TPSA) is 100 Å². The fourth-order valence-corrected chi connectivity index (χ4v) is 2.02. The number of hydrogen-bond acceptors (Lipinski definition) is 6. The number of hydrazone groups is 1. The Morgan fingerprint density at radius 1 is 1.04 bits per heavy atom. The van der Waals surface area contributed by atoms with E-state index in [0.29, 0.717) is 28.3 Å². The van der Waals surface area contributed by atoms with Gasteiger partial charge in [0, 0.05) is 23.3 Å². The van der Waals surface area contributed by atoms with Crippen LogP contribution in [0.25, 0.3) is 0 Å². The van der Waals surface area contributed by atoms with Gasteiger partial charge in [-0.05, 0) is 31.2 Å². The maximum Gasteiger partial charge on any atom is 0.271 e. The van der Waals surface area contributed by atoms with Crippen molar-refractivity contribution in [3.63, 3.8) is 0 Å². The number of carbonyl (C=O) groups is 1. The molecular weight excluding hydrogens is 312 g/mol. The first kappa shape index (κ1) is 17.1. The monoisotopic (exact) mass is 330 g/mol. The van der Waals surface area contributed by atoms with Gasteiger partial charge in [-0.15, -0.1) is 0 Å². The molecule has 24 heavy (non-hydrogen) atoms. The molecule has 0 unspecified atom stereocenters. The summed E-state index contributed by atoms with van der Waals surface area (Å²) in [6.45, 7) is 1.62. The molecule has 1 amide bonds. The van der Waals surface area contributed by atoms with Crippen molar-refractivity contribution in [3.8, 4) is 23.0 Å². The molecule has 2 aromatic carbocycles. The fraction of sp³-hybridized carbons (Fsp3) is 0.176. The largest absolute Gasteiger partial charge is 0.508 e. The zero-order valence-corrected chi connectivity index (χ0v) is 13.5. The van der Waals surface area contributed by atoms with E-state index in [1.54, 1.807) is 25.1 Å². The van der Waals surface area contributed by atoms with Gasteiger partial charge in [-0.3, -0.25) is 4.79 Å². The molecule has 0 aliphatic carbocycles. The Morgan fingerprint density at radius 3 is 2.21 bits per heavy atom. The van der Waals surface area contributed by atoms with E-state index in [4.69, 9.17) is 9.47 Å². The SMILES string of the molecule is COc1cc(OC)cc(C(=O)N/N=C(/C)c2ccc(O)cc2O)c1. The van der Waals surface area contributed by atoms with Gasteiger partial charge in [0.2, 0.25) is 0 Å². The van der Waals surface area contributed by atoms with Crippen LogP contribution in [0.4, 0.5) is 0 Å². The van der Waals surface area contributed by atoms with Crippen LogP contribution in [0.2, 0.25) is 0 Å². The van der Waals surface area contributed by atoms with E-state index in [0.717, 1.165) is 0 Å². The molecule has 0 atom stereocenters. The number of nitrogens with one attached hydrogen (secondary N) is 1. The molecule has 2 rings (SSSR count). The summed E-state index contributed by atoms with van der Waals surface area (Å²) in [5, 5.41) is 23.1. The average molecular weight is 330 g/mol.